The molecule has 0 saturated carbocycles. The van der Waals surface area contributed by atoms with Crippen LogP contribution < -0.4 is 5.32 Å². The van der Waals surface area contributed by atoms with Crippen LogP contribution in [0.25, 0.3) is 21.9 Å². The number of para-hydroxylation sites is 2. The fourth-order valence-electron chi connectivity index (χ4n) is 2.76. The van der Waals surface area contributed by atoms with Gasteiger partial charge in [-0.1, -0.05) is 23.7 Å². The van der Waals surface area contributed by atoms with Crippen LogP contribution >= 0.6 is 11.6 Å². The summed E-state index contributed by atoms with van der Waals surface area (Å²) < 4.78 is 0. The Morgan fingerprint density at radius 2 is 1.96 bits per heavy atom. The minimum Gasteiger partial charge on any atom is -0.369 e. The molecule has 24 heavy (non-hydrogen) atoms. The molecule has 0 atom stereocenters. The average molecular weight is 338 g/mol. The van der Waals surface area contributed by atoms with E-state index in [0.29, 0.717) is 5.02 Å². The van der Waals surface area contributed by atoms with Gasteiger partial charge in [-0.15, -0.1) is 0 Å². The lowest BCUT2D eigenvalue weighted by molar-refractivity contribution is 0.818. The van der Waals surface area contributed by atoms with Gasteiger partial charge in [0.1, 0.15) is 18.0 Å². The number of fused-ring (bicyclic) bond motifs is 2. The number of imidazole rings is 1. The van der Waals surface area contributed by atoms with Gasteiger partial charge in [0, 0.05) is 23.4 Å². The molecule has 2 heterocycles. The number of benzene rings is 2. The van der Waals surface area contributed by atoms with E-state index in [1.54, 1.807) is 6.33 Å². The molecule has 120 valence electrons. The lowest BCUT2D eigenvalue weighted by Gasteiger charge is -2.07. The molecule has 0 amide bonds. The number of hydrogen-bond donors (Lipinski definition) is 2. The topological polar surface area (TPSA) is 66.5 Å². The molecule has 5 nitrogen and oxygen atoms in total. The molecular formula is C18H16ClN5. The maximum absolute atomic E-state index is 6.01. The normalized spacial score (nSPS) is 11.2. The van der Waals surface area contributed by atoms with Crippen LogP contribution in [0.2, 0.25) is 5.02 Å². The van der Waals surface area contributed by atoms with E-state index in [9.17, 15) is 0 Å². The van der Waals surface area contributed by atoms with Gasteiger partial charge in [0.05, 0.1) is 16.6 Å². The van der Waals surface area contributed by atoms with Crippen molar-refractivity contribution in [3.05, 3.63) is 59.6 Å². The molecule has 0 radical (unpaired) electrons. The third-order valence-corrected chi connectivity index (χ3v) is 4.15. The molecule has 0 bridgehead atoms. The van der Waals surface area contributed by atoms with Crippen molar-refractivity contribution in [3.63, 3.8) is 0 Å². The van der Waals surface area contributed by atoms with Gasteiger partial charge < -0.3 is 10.3 Å². The first-order valence-electron chi connectivity index (χ1n) is 7.87. The zero-order valence-electron chi connectivity index (χ0n) is 13.0. The summed E-state index contributed by atoms with van der Waals surface area (Å²) in [6.07, 6.45) is 3.40. The lowest BCUT2D eigenvalue weighted by atomic mass is 10.2. The van der Waals surface area contributed by atoms with E-state index in [4.69, 9.17) is 11.6 Å². The van der Waals surface area contributed by atoms with E-state index in [1.165, 1.54) is 0 Å². The molecular weight excluding hydrogens is 322 g/mol. The molecule has 0 fully saturated rings. The third-order valence-electron chi connectivity index (χ3n) is 3.92. The van der Waals surface area contributed by atoms with E-state index in [-0.39, 0.29) is 0 Å². The minimum absolute atomic E-state index is 0.678. The highest BCUT2D eigenvalue weighted by molar-refractivity contribution is 6.31. The standard InChI is InChI=1S/C18H16ClN5/c19-12-7-8-13-16(10-12)21-11-22-18(13)20-9-3-6-17-23-14-4-1-2-5-15(14)24-17/h1-2,4-5,7-8,10-11H,3,6,9H2,(H,23,24)(H,20,21,22). The van der Waals surface area contributed by atoms with Crippen LogP contribution in [0.15, 0.2) is 48.8 Å². The van der Waals surface area contributed by atoms with Gasteiger partial charge >= 0.3 is 0 Å². The second-order valence-electron chi connectivity index (χ2n) is 5.61. The van der Waals surface area contributed by atoms with Crippen molar-refractivity contribution in [1.82, 2.24) is 19.9 Å². The van der Waals surface area contributed by atoms with Crippen LogP contribution in [0.4, 0.5) is 5.82 Å². The Kier molecular flexibility index (Phi) is 4.01. The predicted molar refractivity (Wildman–Crippen MR) is 97.5 cm³/mol. The summed E-state index contributed by atoms with van der Waals surface area (Å²) in [6, 6.07) is 13.7. The number of aryl methyl sites for hydroxylation is 1. The van der Waals surface area contributed by atoms with E-state index in [1.807, 2.05) is 42.5 Å². The van der Waals surface area contributed by atoms with Crippen molar-refractivity contribution in [1.29, 1.82) is 0 Å². The molecule has 2 aromatic heterocycles. The first-order chi connectivity index (χ1) is 11.8. The summed E-state index contributed by atoms with van der Waals surface area (Å²) in [5.74, 6) is 1.85. The number of nitrogens with one attached hydrogen (secondary N) is 2. The highest BCUT2D eigenvalue weighted by Gasteiger charge is 2.05. The SMILES string of the molecule is Clc1ccc2c(NCCCc3nc4ccccc4[nH]3)ncnc2c1. The number of rotatable bonds is 5. The Morgan fingerprint density at radius 1 is 1.04 bits per heavy atom. The number of nitrogens with zero attached hydrogens (tertiary/aromatic N) is 3. The second kappa shape index (κ2) is 6.45. The van der Waals surface area contributed by atoms with Crippen molar-refractivity contribution in [2.45, 2.75) is 12.8 Å². The van der Waals surface area contributed by atoms with Crippen LogP contribution in [-0.4, -0.2) is 26.5 Å². The Bertz CT molecular complexity index is 962. The van der Waals surface area contributed by atoms with Gasteiger partial charge in [-0.05, 0) is 36.8 Å². The molecule has 0 spiro atoms. The van der Waals surface area contributed by atoms with Gasteiger partial charge in [-0.25, -0.2) is 15.0 Å². The Balaban J connectivity index is 1.40. The zero-order valence-corrected chi connectivity index (χ0v) is 13.7. The fraction of sp³-hybridized carbons (Fsp3) is 0.167. The fourth-order valence-corrected chi connectivity index (χ4v) is 2.92. The number of halogens is 1. The van der Waals surface area contributed by atoms with Crippen molar-refractivity contribution in [2.75, 3.05) is 11.9 Å². The van der Waals surface area contributed by atoms with E-state index in [0.717, 1.165) is 53.0 Å². The first kappa shape index (κ1) is 14.9. The first-order valence-corrected chi connectivity index (χ1v) is 8.25. The van der Waals surface area contributed by atoms with Crippen LogP contribution in [0.1, 0.15) is 12.2 Å². The molecule has 0 unspecified atom stereocenters. The van der Waals surface area contributed by atoms with Gasteiger partial charge in [-0.3, -0.25) is 0 Å². The molecule has 0 aliphatic rings. The number of aromatic nitrogens is 4. The maximum Gasteiger partial charge on any atom is 0.137 e. The van der Waals surface area contributed by atoms with Crippen molar-refractivity contribution in [3.8, 4) is 0 Å². The summed E-state index contributed by atoms with van der Waals surface area (Å²) >= 11 is 6.01. The van der Waals surface area contributed by atoms with Gasteiger partial charge in [-0.2, -0.15) is 0 Å². The molecule has 2 aromatic carbocycles. The number of H-pyrrole nitrogens is 1. The number of anilines is 1. The smallest absolute Gasteiger partial charge is 0.137 e. The highest BCUT2D eigenvalue weighted by Crippen LogP contribution is 2.22. The number of hydrogen-bond acceptors (Lipinski definition) is 4. The summed E-state index contributed by atoms with van der Waals surface area (Å²) in [5, 5.41) is 5.03. The molecule has 0 aliphatic carbocycles. The van der Waals surface area contributed by atoms with Crippen molar-refractivity contribution in [2.24, 2.45) is 0 Å². The third kappa shape index (κ3) is 3.03. The van der Waals surface area contributed by atoms with E-state index < -0.39 is 0 Å². The Morgan fingerprint density at radius 3 is 2.88 bits per heavy atom. The van der Waals surface area contributed by atoms with Crippen molar-refractivity contribution >= 4 is 39.4 Å². The van der Waals surface area contributed by atoms with Crippen LogP contribution in [0.3, 0.4) is 0 Å². The molecule has 0 aliphatic heterocycles. The van der Waals surface area contributed by atoms with Crippen LogP contribution in [0, 0.1) is 0 Å². The minimum atomic E-state index is 0.678. The Hall–Kier alpha value is -2.66. The molecule has 4 rings (SSSR count). The van der Waals surface area contributed by atoms with Gasteiger partial charge in [0.2, 0.25) is 0 Å². The monoisotopic (exact) mass is 337 g/mol. The van der Waals surface area contributed by atoms with E-state index in [2.05, 4.69) is 25.3 Å². The zero-order chi connectivity index (χ0) is 16.4. The lowest BCUT2D eigenvalue weighted by Crippen LogP contribution is -2.06. The van der Waals surface area contributed by atoms with Gasteiger partial charge in [0.25, 0.3) is 0 Å². The largest absolute Gasteiger partial charge is 0.369 e. The highest BCUT2D eigenvalue weighted by atomic mass is 35.5. The summed E-state index contributed by atoms with van der Waals surface area (Å²) in [5.41, 5.74) is 2.94. The molecule has 6 heteroatoms. The predicted octanol–water partition coefficient (Wildman–Crippen LogP) is 4.20. The van der Waals surface area contributed by atoms with E-state index >= 15 is 0 Å². The second-order valence-corrected chi connectivity index (χ2v) is 6.05. The van der Waals surface area contributed by atoms with Gasteiger partial charge in [0.15, 0.2) is 0 Å². The van der Waals surface area contributed by atoms with Crippen LogP contribution in [-0.2, 0) is 6.42 Å². The average Bonchev–Trinajstić information content (AvgIpc) is 3.01. The quantitative estimate of drug-likeness (QED) is 0.535. The summed E-state index contributed by atoms with van der Waals surface area (Å²) in [4.78, 5) is 16.5. The van der Waals surface area contributed by atoms with Crippen LogP contribution in [0.5, 0.6) is 0 Å². The van der Waals surface area contributed by atoms with Crippen molar-refractivity contribution < 1.29 is 0 Å². The summed E-state index contributed by atoms with van der Waals surface area (Å²) in [7, 11) is 0. The molecule has 2 N–H and O–H groups in total. The number of aromatic amines is 1. The maximum atomic E-state index is 6.01. The molecule has 0 saturated heterocycles. The molecule has 4 aromatic rings. The summed E-state index contributed by atoms with van der Waals surface area (Å²) in [6.45, 7) is 0.811. The Labute approximate surface area is 144 Å².